The summed E-state index contributed by atoms with van der Waals surface area (Å²) in [5.41, 5.74) is 0. The van der Waals surface area contributed by atoms with Crippen molar-refractivity contribution in [2.45, 2.75) is 52.4 Å². The smallest absolute Gasteiger partial charge is 0.300 e. The molecule has 0 aromatic carbocycles. The molecule has 0 saturated heterocycles. The van der Waals surface area contributed by atoms with Gasteiger partial charge in [0.15, 0.2) is 0 Å². The maximum absolute atomic E-state index is 9.00. The van der Waals surface area contributed by atoms with Crippen molar-refractivity contribution >= 4 is 5.97 Å². The van der Waals surface area contributed by atoms with Gasteiger partial charge in [-0.15, -0.1) is 0 Å². The molecule has 0 aliphatic heterocycles. The molecule has 0 aliphatic carbocycles. The molecule has 3 heteroatoms. The molecule has 0 amide bonds. The van der Waals surface area contributed by atoms with Crippen LogP contribution < -0.4 is 0 Å². The Morgan fingerprint density at radius 3 is 1.85 bits per heavy atom. The van der Waals surface area contributed by atoms with Gasteiger partial charge in [-0.05, 0) is 6.42 Å². The third-order valence-electron chi connectivity index (χ3n) is 1.51. The fourth-order valence-corrected chi connectivity index (χ4v) is 0.892. The Bertz CT molecular complexity index is 92.3. The number of rotatable bonds is 6. The molecule has 0 unspecified atom stereocenters. The number of aliphatic hydroxyl groups is 1. The molecule has 0 aromatic rings. The van der Waals surface area contributed by atoms with Crippen LogP contribution in [0.4, 0.5) is 0 Å². The van der Waals surface area contributed by atoms with E-state index >= 15 is 0 Å². The molecular formula is C10H22O3. The summed E-state index contributed by atoms with van der Waals surface area (Å²) in [5.74, 6) is -0.833. The van der Waals surface area contributed by atoms with E-state index in [2.05, 4.69) is 6.92 Å². The summed E-state index contributed by atoms with van der Waals surface area (Å²) >= 11 is 0. The molecule has 0 fully saturated rings. The quantitative estimate of drug-likeness (QED) is 0.632. The third kappa shape index (κ3) is 34.5. The van der Waals surface area contributed by atoms with E-state index in [0.29, 0.717) is 6.61 Å². The van der Waals surface area contributed by atoms with Crippen LogP contribution in [0.2, 0.25) is 0 Å². The van der Waals surface area contributed by atoms with Crippen LogP contribution in [-0.2, 0) is 4.79 Å². The van der Waals surface area contributed by atoms with E-state index in [4.69, 9.17) is 15.0 Å². The summed E-state index contributed by atoms with van der Waals surface area (Å²) in [7, 11) is 0. The minimum Gasteiger partial charge on any atom is -0.481 e. The molecule has 0 atom stereocenters. The predicted octanol–water partition coefficient (Wildman–Crippen LogP) is 2.43. The molecule has 0 aliphatic rings. The van der Waals surface area contributed by atoms with Crippen molar-refractivity contribution in [3.63, 3.8) is 0 Å². The average Bonchev–Trinajstić information content (AvgIpc) is 2.03. The molecule has 0 heterocycles. The summed E-state index contributed by atoms with van der Waals surface area (Å²) < 4.78 is 0. The lowest BCUT2D eigenvalue weighted by Crippen LogP contribution is -1.82. The summed E-state index contributed by atoms with van der Waals surface area (Å²) in [6, 6.07) is 0. The fraction of sp³-hybridized carbons (Fsp3) is 0.900. The molecule has 13 heavy (non-hydrogen) atoms. The van der Waals surface area contributed by atoms with Crippen molar-refractivity contribution in [2.75, 3.05) is 6.61 Å². The number of carbonyl (C=O) groups is 1. The van der Waals surface area contributed by atoms with E-state index in [0.717, 1.165) is 13.3 Å². The van der Waals surface area contributed by atoms with Crippen molar-refractivity contribution in [1.82, 2.24) is 0 Å². The van der Waals surface area contributed by atoms with E-state index in [1.54, 1.807) is 0 Å². The van der Waals surface area contributed by atoms with Gasteiger partial charge in [0.2, 0.25) is 0 Å². The van der Waals surface area contributed by atoms with Gasteiger partial charge < -0.3 is 10.2 Å². The standard InChI is InChI=1S/C8H18O.C2H4O2/c1-2-3-4-5-6-7-8-9;1-2(3)4/h9H,2-8H2,1H3;1H3,(H,3,4). The molecule has 80 valence electrons. The van der Waals surface area contributed by atoms with E-state index < -0.39 is 5.97 Å². The van der Waals surface area contributed by atoms with Gasteiger partial charge in [0.05, 0.1) is 0 Å². The first kappa shape index (κ1) is 14.9. The number of hydrogen-bond acceptors (Lipinski definition) is 2. The van der Waals surface area contributed by atoms with Crippen molar-refractivity contribution in [2.24, 2.45) is 0 Å². The highest BCUT2D eigenvalue weighted by molar-refractivity contribution is 5.62. The zero-order valence-electron chi connectivity index (χ0n) is 8.75. The topological polar surface area (TPSA) is 57.5 Å². The van der Waals surface area contributed by atoms with Gasteiger partial charge in [0.1, 0.15) is 0 Å². The van der Waals surface area contributed by atoms with Crippen molar-refractivity contribution in [3.8, 4) is 0 Å². The number of carboxylic acid groups (broad SMARTS) is 1. The Kier molecular flexibility index (Phi) is 16.1. The number of aliphatic hydroxyl groups excluding tert-OH is 1. The van der Waals surface area contributed by atoms with Gasteiger partial charge >= 0.3 is 0 Å². The molecule has 0 spiro atoms. The number of carboxylic acids is 1. The normalized spacial score (nSPS) is 8.85. The summed E-state index contributed by atoms with van der Waals surface area (Å²) in [6.45, 7) is 3.66. The van der Waals surface area contributed by atoms with Crippen molar-refractivity contribution in [3.05, 3.63) is 0 Å². The lowest BCUT2D eigenvalue weighted by atomic mass is 10.1. The maximum Gasteiger partial charge on any atom is 0.300 e. The lowest BCUT2D eigenvalue weighted by Gasteiger charge is -1.95. The first-order valence-corrected chi connectivity index (χ1v) is 4.95. The zero-order valence-corrected chi connectivity index (χ0v) is 8.75. The van der Waals surface area contributed by atoms with Crippen LogP contribution in [0.15, 0.2) is 0 Å². The van der Waals surface area contributed by atoms with Crippen LogP contribution in [0.3, 0.4) is 0 Å². The van der Waals surface area contributed by atoms with Crippen LogP contribution >= 0.6 is 0 Å². The molecule has 0 aromatic heterocycles. The van der Waals surface area contributed by atoms with Gasteiger partial charge in [0.25, 0.3) is 5.97 Å². The van der Waals surface area contributed by atoms with Crippen molar-refractivity contribution < 1.29 is 15.0 Å². The Morgan fingerprint density at radius 2 is 1.46 bits per heavy atom. The summed E-state index contributed by atoms with van der Waals surface area (Å²) in [4.78, 5) is 9.00. The zero-order chi connectivity index (χ0) is 10.5. The molecular weight excluding hydrogens is 168 g/mol. The SMILES string of the molecule is CC(=O)O.CCCCCCCCO. The predicted molar refractivity (Wildman–Crippen MR) is 53.8 cm³/mol. The molecule has 2 N–H and O–H groups in total. The van der Waals surface area contributed by atoms with Crippen LogP contribution in [0.25, 0.3) is 0 Å². The second-order valence-electron chi connectivity index (χ2n) is 3.01. The number of unbranched alkanes of at least 4 members (excludes halogenated alkanes) is 5. The van der Waals surface area contributed by atoms with Crippen LogP contribution in [0.1, 0.15) is 52.4 Å². The molecule has 0 saturated carbocycles. The van der Waals surface area contributed by atoms with E-state index in [-0.39, 0.29) is 0 Å². The minimum absolute atomic E-state index is 0.367. The van der Waals surface area contributed by atoms with Gasteiger partial charge in [-0.3, -0.25) is 4.79 Å². The number of aliphatic carboxylic acids is 1. The Hall–Kier alpha value is -0.570. The van der Waals surface area contributed by atoms with Crippen molar-refractivity contribution in [1.29, 1.82) is 0 Å². The Morgan fingerprint density at radius 1 is 1.08 bits per heavy atom. The van der Waals surface area contributed by atoms with E-state index in [1.807, 2.05) is 0 Å². The molecule has 0 rings (SSSR count). The van der Waals surface area contributed by atoms with Gasteiger partial charge in [-0.2, -0.15) is 0 Å². The lowest BCUT2D eigenvalue weighted by molar-refractivity contribution is -0.134. The highest BCUT2D eigenvalue weighted by Crippen LogP contribution is 2.03. The molecule has 0 bridgehead atoms. The van der Waals surface area contributed by atoms with E-state index in [9.17, 15) is 0 Å². The largest absolute Gasteiger partial charge is 0.481 e. The fourth-order valence-electron chi connectivity index (χ4n) is 0.892. The highest BCUT2D eigenvalue weighted by Gasteiger charge is 1.86. The second kappa shape index (κ2) is 14.0. The Balaban J connectivity index is 0. The second-order valence-corrected chi connectivity index (χ2v) is 3.01. The van der Waals surface area contributed by atoms with Crippen LogP contribution in [0.5, 0.6) is 0 Å². The third-order valence-corrected chi connectivity index (χ3v) is 1.51. The first-order valence-electron chi connectivity index (χ1n) is 4.95. The van der Waals surface area contributed by atoms with Gasteiger partial charge in [-0.1, -0.05) is 39.0 Å². The average molecular weight is 190 g/mol. The highest BCUT2D eigenvalue weighted by atomic mass is 16.4. The van der Waals surface area contributed by atoms with Crippen LogP contribution in [-0.4, -0.2) is 22.8 Å². The summed E-state index contributed by atoms with van der Waals surface area (Å²) in [5, 5.41) is 15.8. The maximum atomic E-state index is 9.00. The minimum atomic E-state index is -0.833. The van der Waals surface area contributed by atoms with Gasteiger partial charge in [-0.25, -0.2) is 0 Å². The number of hydrogen-bond donors (Lipinski definition) is 2. The molecule has 0 radical (unpaired) electrons. The Labute approximate surface area is 80.8 Å². The monoisotopic (exact) mass is 190 g/mol. The van der Waals surface area contributed by atoms with Gasteiger partial charge in [0, 0.05) is 13.5 Å². The van der Waals surface area contributed by atoms with E-state index in [1.165, 1.54) is 32.1 Å². The summed E-state index contributed by atoms with van der Waals surface area (Å²) in [6.07, 6.45) is 7.50. The van der Waals surface area contributed by atoms with Crippen LogP contribution in [0, 0.1) is 0 Å². The first-order chi connectivity index (χ1) is 6.15. The molecule has 3 nitrogen and oxygen atoms in total.